The molecule has 122 valence electrons. The maximum absolute atomic E-state index is 6.09. The minimum absolute atomic E-state index is 0.226. The van der Waals surface area contributed by atoms with Crippen molar-refractivity contribution in [1.82, 2.24) is 9.80 Å². The van der Waals surface area contributed by atoms with Crippen molar-refractivity contribution in [2.24, 2.45) is 5.73 Å². The first-order chi connectivity index (χ1) is 10.7. The first kappa shape index (κ1) is 15.6. The molecule has 2 aliphatic rings. The number of nitrogens with two attached hydrogens (primary N) is 1. The lowest BCUT2D eigenvalue weighted by Crippen LogP contribution is -2.45. The average Bonchev–Trinajstić information content (AvgIpc) is 2.56. The van der Waals surface area contributed by atoms with Crippen LogP contribution >= 0.6 is 0 Å². The number of fused-ring (bicyclic) bond motifs is 1. The molecule has 5 nitrogen and oxygen atoms in total. The molecule has 1 saturated heterocycles. The van der Waals surface area contributed by atoms with Crippen molar-refractivity contribution >= 4 is 0 Å². The van der Waals surface area contributed by atoms with E-state index < -0.39 is 0 Å². The van der Waals surface area contributed by atoms with E-state index in [1.54, 1.807) is 0 Å². The Hall–Kier alpha value is -1.30. The average molecular weight is 305 g/mol. The van der Waals surface area contributed by atoms with E-state index in [0.717, 1.165) is 24.6 Å². The molecule has 22 heavy (non-hydrogen) atoms. The Labute approximate surface area is 133 Å². The number of rotatable bonds is 4. The molecule has 1 aromatic rings. The molecule has 2 aliphatic heterocycles. The zero-order chi connectivity index (χ0) is 15.5. The number of hydrogen-bond donors (Lipinski definition) is 1. The Balaban J connectivity index is 1.75. The predicted octanol–water partition coefficient (Wildman–Crippen LogP) is 1.48. The topological polar surface area (TPSA) is 51.0 Å². The first-order valence-electron chi connectivity index (χ1n) is 8.19. The number of benzene rings is 1. The molecule has 2 N–H and O–H groups in total. The number of piperidine rings is 1. The largest absolute Gasteiger partial charge is 0.486 e. The lowest BCUT2D eigenvalue weighted by molar-refractivity contribution is 0.109. The molecule has 0 amide bonds. The van der Waals surface area contributed by atoms with Crippen molar-refractivity contribution in [2.45, 2.75) is 24.9 Å². The van der Waals surface area contributed by atoms with Crippen LogP contribution in [0.3, 0.4) is 0 Å². The Morgan fingerprint density at radius 2 is 1.91 bits per heavy atom. The van der Waals surface area contributed by atoms with Gasteiger partial charge >= 0.3 is 0 Å². The Morgan fingerprint density at radius 1 is 1.23 bits per heavy atom. The van der Waals surface area contributed by atoms with E-state index in [4.69, 9.17) is 15.2 Å². The molecule has 2 heterocycles. The van der Waals surface area contributed by atoms with Gasteiger partial charge in [-0.1, -0.05) is 6.07 Å². The zero-order valence-corrected chi connectivity index (χ0v) is 13.6. The standard InChI is InChI=1S/C17H27N3O2/c1-19-7-5-14(6-8-19)20(2)15(12-18)13-3-4-16-17(11-13)22-10-9-21-16/h3-4,11,14-15H,5-10,12,18H2,1-2H3. The van der Waals surface area contributed by atoms with Gasteiger partial charge in [-0.15, -0.1) is 0 Å². The van der Waals surface area contributed by atoms with Gasteiger partial charge < -0.3 is 20.1 Å². The molecule has 0 aliphatic carbocycles. The van der Waals surface area contributed by atoms with Crippen LogP contribution in [-0.4, -0.2) is 62.8 Å². The van der Waals surface area contributed by atoms with E-state index in [2.05, 4.69) is 36.0 Å². The van der Waals surface area contributed by atoms with Crippen LogP contribution in [0.2, 0.25) is 0 Å². The van der Waals surface area contributed by atoms with Crippen LogP contribution < -0.4 is 15.2 Å². The van der Waals surface area contributed by atoms with E-state index in [-0.39, 0.29) is 6.04 Å². The van der Waals surface area contributed by atoms with Gasteiger partial charge in [-0.2, -0.15) is 0 Å². The highest BCUT2D eigenvalue weighted by molar-refractivity contribution is 5.44. The van der Waals surface area contributed by atoms with Crippen molar-refractivity contribution < 1.29 is 9.47 Å². The predicted molar refractivity (Wildman–Crippen MR) is 87.5 cm³/mol. The van der Waals surface area contributed by atoms with Crippen LogP contribution in [0.15, 0.2) is 18.2 Å². The second-order valence-corrected chi connectivity index (χ2v) is 6.35. The van der Waals surface area contributed by atoms with E-state index in [0.29, 0.717) is 25.8 Å². The number of nitrogens with zero attached hydrogens (tertiary/aromatic N) is 2. The molecule has 1 aromatic carbocycles. The number of likely N-dealkylation sites (N-methyl/N-ethyl adjacent to an activating group) is 1. The molecule has 0 radical (unpaired) electrons. The third kappa shape index (κ3) is 3.21. The van der Waals surface area contributed by atoms with Gasteiger partial charge in [0.1, 0.15) is 13.2 Å². The lowest BCUT2D eigenvalue weighted by atomic mass is 9.98. The summed E-state index contributed by atoms with van der Waals surface area (Å²) < 4.78 is 11.3. The highest BCUT2D eigenvalue weighted by Gasteiger charge is 2.27. The summed E-state index contributed by atoms with van der Waals surface area (Å²) in [6.45, 7) is 4.18. The molecule has 0 spiro atoms. The number of likely N-dealkylation sites (tertiary alicyclic amines) is 1. The fourth-order valence-electron chi connectivity index (χ4n) is 3.46. The van der Waals surface area contributed by atoms with Gasteiger partial charge in [-0.25, -0.2) is 0 Å². The SMILES string of the molecule is CN1CCC(N(C)C(CN)c2ccc3c(c2)OCCO3)CC1. The lowest BCUT2D eigenvalue weighted by Gasteiger charge is -2.39. The third-order valence-corrected chi connectivity index (χ3v) is 4.93. The second kappa shape index (κ2) is 6.86. The summed E-state index contributed by atoms with van der Waals surface area (Å²) in [7, 11) is 4.39. The Morgan fingerprint density at radius 3 is 2.59 bits per heavy atom. The van der Waals surface area contributed by atoms with Crippen LogP contribution in [0.25, 0.3) is 0 Å². The van der Waals surface area contributed by atoms with Crippen molar-refractivity contribution in [3.63, 3.8) is 0 Å². The summed E-state index contributed by atoms with van der Waals surface area (Å²) in [5, 5.41) is 0. The molecular weight excluding hydrogens is 278 g/mol. The quantitative estimate of drug-likeness (QED) is 0.913. The minimum Gasteiger partial charge on any atom is -0.486 e. The summed E-state index contributed by atoms with van der Waals surface area (Å²) >= 11 is 0. The number of hydrogen-bond acceptors (Lipinski definition) is 5. The van der Waals surface area contributed by atoms with Crippen LogP contribution in [0, 0.1) is 0 Å². The Bertz CT molecular complexity index is 501. The van der Waals surface area contributed by atoms with Crippen LogP contribution in [0.1, 0.15) is 24.4 Å². The fourth-order valence-corrected chi connectivity index (χ4v) is 3.46. The smallest absolute Gasteiger partial charge is 0.161 e. The van der Waals surface area contributed by atoms with Crippen LogP contribution in [0.5, 0.6) is 11.5 Å². The van der Waals surface area contributed by atoms with Gasteiger partial charge in [-0.3, -0.25) is 4.90 Å². The van der Waals surface area contributed by atoms with Crippen LogP contribution in [-0.2, 0) is 0 Å². The fraction of sp³-hybridized carbons (Fsp3) is 0.647. The zero-order valence-electron chi connectivity index (χ0n) is 13.6. The van der Waals surface area contributed by atoms with Crippen molar-refractivity contribution in [3.05, 3.63) is 23.8 Å². The van der Waals surface area contributed by atoms with Gasteiger partial charge in [0.25, 0.3) is 0 Å². The number of ether oxygens (including phenoxy) is 2. The normalized spacial score (nSPS) is 21.1. The molecule has 5 heteroatoms. The van der Waals surface area contributed by atoms with Gasteiger partial charge in [-0.05, 0) is 57.7 Å². The highest BCUT2D eigenvalue weighted by atomic mass is 16.6. The summed E-state index contributed by atoms with van der Waals surface area (Å²) in [4.78, 5) is 4.84. The molecule has 3 rings (SSSR count). The van der Waals surface area contributed by atoms with E-state index in [1.807, 2.05) is 6.07 Å². The van der Waals surface area contributed by atoms with E-state index >= 15 is 0 Å². The van der Waals surface area contributed by atoms with Gasteiger partial charge in [0.2, 0.25) is 0 Å². The van der Waals surface area contributed by atoms with Gasteiger partial charge in [0.05, 0.1) is 0 Å². The van der Waals surface area contributed by atoms with Crippen molar-refractivity contribution in [3.8, 4) is 11.5 Å². The summed E-state index contributed by atoms with van der Waals surface area (Å²) in [6, 6.07) is 7.05. The van der Waals surface area contributed by atoms with Crippen LogP contribution in [0.4, 0.5) is 0 Å². The maximum atomic E-state index is 6.09. The second-order valence-electron chi connectivity index (χ2n) is 6.35. The molecule has 0 saturated carbocycles. The van der Waals surface area contributed by atoms with Gasteiger partial charge in [0, 0.05) is 18.6 Å². The molecule has 1 atom stereocenters. The van der Waals surface area contributed by atoms with Gasteiger partial charge in [0.15, 0.2) is 11.5 Å². The molecule has 0 aromatic heterocycles. The summed E-state index contributed by atoms with van der Waals surface area (Å²) in [6.07, 6.45) is 2.40. The monoisotopic (exact) mass is 305 g/mol. The minimum atomic E-state index is 0.226. The van der Waals surface area contributed by atoms with E-state index in [9.17, 15) is 0 Å². The third-order valence-electron chi connectivity index (χ3n) is 4.93. The maximum Gasteiger partial charge on any atom is 0.161 e. The Kier molecular flexibility index (Phi) is 4.86. The molecular formula is C17H27N3O2. The summed E-state index contributed by atoms with van der Waals surface area (Å²) in [5.74, 6) is 1.69. The molecule has 1 unspecified atom stereocenters. The molecule has 1 fully saturated rings. The summed E-state index contributed by atoms with van der Waals surface area (Å²) in [5.41, 5.74) is 7.31. The van der Waals surface area contributed by atoms with Crippen molar-refractivity contribution in [1.29, 1.82) is 0 Å². The highest BCUT2D eigenvalue weighted by Crippen LogP contribution is 2.34. The van der Waals surface area contributed by atoms with Crippen molar-refractivity contribution in [2.75, 3.05) is 46.9 Å². The molecule has 0 bridgehead atoms. The van der Waals surface area contributed by atoms with E-state index in [1.165, 1.54) is 18.4 Å². The first-order valence-corrected chi connectivity index (χ1v) is 8.19.